The van der Waals surface area contributed by atoms with E-state index in [9.17, 15) is 14.4 Å². The van der Waals surface area contributed by atoms with Crippen LogP contribution >= 0.6 is 0 Å². The van der Waals surface area contributed by atoms with Gasteiger partial charge in [0.15, 0.2) is 17.3 Å². The van der Waals surface area contributed by atoms with Gasteiger partial charge in [0.25, 0.3) is 0 Å². The number of Topliss-reactive ketones (excluding diaryl/α,β-unsaturated/α-hetero) is 1. The number of allylic oxidation sites excluding steroid dienone is 3. The number of carbonyl (C=O) groups excluding carboxylic acids is 3. The van der Waals surface area contributed by atoms with E-state index in [0.29, 0.717) is 40.3 Å². The predicted molar refractivity (Wildman–Crippen MR) is 128 cm³/mol. The van der Waals surface area contributed by atoms with Gasteiger partial charge in [-0.1, -0.05) is 13.0 Å². The number of methoxy groups -OCH3 is 3. The monoisotopic (exact) mass is 483 g/mol. The van der Waals surface area contributed by atoms with Crippen molar-refractivity contribution in [1.29, 1.82) is 0 Å². The van der Waals surface area contributed by atoms with E-state index >= 15 is 0 Å². The molecule has 188 valence electrons. The molecule has 1 aliphatic heterocycles. The van der Waals surface area contributed by atoms with Gasteiger partial charge in [-0.2, -0.15) is 0 Å². The van der Waals surface area contributed by atoms with E-state index in [4.69, 9.17) is 18.9 Å². The molecular formula is C27H33NO7. The molecule has 1 saturated carbocycles. The molecule has 1 aromatic rings. The van der Waals surface area contributed by atoms with Crippen molar-refractivity contribution in [3.05, 3.63) is 46.3 Å². The van der Waals surface area contributed by atoms with E-state index in [1.807, 2.05) is 19.9 Å². The Morgan fingerprint density at radius 3 is 2.34 bits per heavy atom. The van der Waals surface area contributed by atoms with Gasteiger partial charge in [0.05, 0.1) is 26.9 Å². The third-order valence-electron chi connectivity index (χ3n) is 7.28. The largest absolute Gasteiger partial charge is 0.493 e. The van der Waals surface area contributed by atoms with Gasteiger partial charge in [-0.05, 0) is 62.6 Å². The maximum atomic E-state index is 13.8. The number of carbonyl (C=O) groups is 3. The fourth-order valence-electron chi connectivity index (χ4n) is 5.54. The molecule has 8 heteroatoms. The minimum absolute atomic E-state index is 0.130. The summed E-state index contributed by atoms with van der Waals surface area (Å²) in [6.07, 6.45) is 4.07. The Labute approximate surface area is 205 Å². The van der Waals surface area contributed by atoms with E-state index < -0.39 is 23.8 Å². The number of ketones is 1. The van der Waals surface area contributed by atoms with Gasteiger partial charge >= 0.3 is 11.9 Å². The first-order valence-electron chi connectivity index (χ1n) is 12.1. The topological polar surface area (TPSA) is 100 Å². The van der Waals surface area contributed by atoms with Crippen LogP contribution in [0.15, 0.2) is 40.7 Å². The first kappa shape index (κ1) is 24.8. The third kappa shape index (κ3) is 4.54. The lowest BCUT2D eigenvalue weighted by atomic mass is 9.69. The Morgan fingerprint density at radius 2 is 1.71 bits per heavy atom. The standard InChI is InChI=1S/C27H33NO7/c1-14-12-18-24(25(29)21(14)26(30)34-5)23(16-10-11-19(32-3)20(13-16)33-4)22(15(2)28-18)27(31)35-17-8-6-7-9-17/h10-11,13-14,17,21,23,28H,6-9,12H2,1-5H3/t14-,21+,23-/m0/s1. The fourth-order valence-corrected chi connectivity index (χ4v) is 5.54. The van der Waals surface area contributed by atoms with Crippen molar-refractivity contribution in [3.8, 4) is 11.5 Å². The molecule has 0 aromatic heterocycles. The first-order valence-corrected chi connectivity index (χ1v) is 12.1. The van der Waals surface area contributed by atoms with Crippen LogP contribution < -0.4 is 14.8 Å². The van der Waals surface area contributed by atoms with Crippen LogP contribution in [-0.4, -0.2) is 45.2 Å². The number of rotatable bonds is 6. The van der Waals surface area contributed by atoms with Crippen LogP contribution in [-0.2, 0) is 23.9 Å². The van der Waals surface area contributed by atoms with Crippen molar-refractivity contribution < 1.29 is 33.3 Å². The summed E-state index contributed by atoms with van der Waals surface area (Å²) in [7, 11) is 4.36. The Bertz CT molecular complexity index is 1100. The molecule has 1 fully saturated rings. The van der Waals surface area contributed by atoms with E-state index in [2.05, 4.69) is 5.32 Å². The van der Waals surface area contributed by atoms with Gasteiger partial charge in [-0.15, -0.1) is 0 Å². The summed E-state index contributed by atoms with van der Waals surface area (Å²) in [4.78, 5) is 39.9. The highest BCUT2D eigenvalue weighted by Crippen LogP contribution is 2.47. The summed E-state index contributed by atoms with van der Waals surface area (Å²) in [5.74, 6) is -2.24. The SMILES string of the molecule is COC(=O)[C@H]1C(=O)C2=C(C[C@@H]1C)NC(C)=C(C(=O)OC1CCCC1)[C@@H]2c1ccc(OC)c(OC)c1. The van der Waals surface area contributed by atoms with Crippen molar-refractivity contribution >= 4 is 17.7 Å². The van der Waals surface area contributed by atoms with Gasteiger partial charge < -0.3 is 24.3 Å². The van der Waals surface area contributed by atoms with E-state index in [-0.39, 0.29) is 17.8 Å². The Morgan fingerprint density at radius 1 is 1.03 bits per heavy atom. The molecule has 1 aromatic carbocycles. The molecule has 35 heavy (non-hydrogen) atoms. The van der Waals surface area contributed by atoms with Gasteiger partial charge in [0.2, 0.25) is 0 Å². The van der Waals surface area contributed by atoms with Gasteiger partial charge in [-0.25, -0.2) is 4.79 Å². The normalized spacial score (nSPS) is 24.6. The molecule has 0 spiro atoms. The quantitative estimate of drug-likeness (QED) is 0.482. The minimum Gasteiger partial charge on any atom is -0.493 e. The van der Waals surface area contributed by atoms with Crippen LogP contribution in [0.2, 0.25) is 0 Å². The van der Waals surface area contributed by atoms with Crippen LogP contribution in [0.1, 0.15) is 57.4 Å². The maximum Gasteiger partial charge on any atom is 0.337 e. The highest BCUT2D eigenvalue weighted by Gasteiger charge is 2.47. The highest BCUT2D eigenvalue weighted by molar-refractivity contribution is 6.12. The summed E-state index contributed by atoms with van der Waals surface area (Å²) in [6, 6.07) is 5.34. The number of benzene rings is 1. The molecule has 1 heterocycles. The molecule has 0 radical (unpaired) electrons. The molecule has 4 rings (SSSR count). The number of esters is 2. The van der Waals surface area contributed by atoms with Crippen LogP contribution in [0.25, 0.3) is 0 Å². The molecule has 2 aliphatic carbocycles. The number of hydrogen-bond donors (Lipinski definition) is 1. The molecule has 3 atom stereocenters. The summed E-state index contributed by atoms with van der Waals surface area (Å²) < 4.78 is 21.7. The van der Waals surface area contributed by atoms with Gasteiger partial charge in [-0.3, -0.25) is 9.59 Å². The molecule has 3 aliphatic rings. The Balaban J connectivity index is 1.84. The highest BCUT2D eigenvalue weighted by atomic mass is 16.5. The van der Waals surface area contributed by atoms with Crippen molar-refractivity contribution in [3.63, 3.8) is 0 Å². The maximum absolute atomic E-state index is 13.8. The second-order valence-corrected chi connectivity index (χ2v) is 9.46. The average Bonchev–Trinajstić information content (AvgIpc) is 3.35. The van der Waals surface area contributed by atoms with Crippen LogP contribution in [0.5, 0.6) is 11.5 Å². The fraction of sp³-hybridized carbons (Fsp3) is 0.519. The van der Waals surface area contributed by atoms with Crippen molar-refractivity contribution in [2.24, 2.45) is 11.8 Å². The summed E-state index contributed by atoms with van der Waals surface area (Å²) in [5, 5.41) is 3.29. The van der Waals surface area contributed by atoms with E-state index in [1.165, 1.54) is 14.2 Å². The van der Waals surface area contributed by atoms with Crippen molar-refractivity contribution in [2.75, 3.05) is 21.3 Å². The van der Waals surface area contributed by atoms with Crippen molar-refractivity contribution in [2.45, 2.75) is 58.0 Å². The summed E-state index contributed by atoms with van der Waals surface area (Å²) in [6.45, 7) is 3.68. The van der Waals surface area contributed by atoms with Crippen molar-refractivity contribution in [1.82, 2.24) is 5.32 Å². The van der Waals surface area contributed by atoms with Crippen LogP contribution in [0.3, 0.4) is 0 Å². The zero-order valence-electron chi connectivity index (χ0n) is 20.9. The molecule has 1 N–H and O–H groups in total. The third-order valence-corrected chi connectivity index (χ3v) is 7.28. The Hall–Kier alpha value is -3.29. The van der Waals surface area contributed by atoms with Crippen LogP contribution in [0, 0.1) is 11.8 Å². The minimum atomic E-state index is -0.936. The summed E-state index contributed by atoms with van der Waals surface area (Å²) >= 11 is 0. The molecule has 0 amide bonds. The molecule has 8 nitrogen and oxygen atoms in total. The van der Waals surface area contributed by atoms with E-state index in [1.54, 1.807) is 19.2 Å². The molecular weight excluding hydrogens is 450 g/mol. The van der Waals surface area contributed by atoms with E-state index in [0.717, 1.165) is 31.4 Å². The zero-order valence-corrected chi connectivity index (χ0v) is 20.9. The molecule has 0 bridgehead atoms. The number of ether oxygens (including phenoxy) is 4. The smallest absolute Gasteiger partial charge is 0.337 e. The molecule has 0 saturated heterocycles. The van der Waals surface area contributed by atoms with Gasteiger partial charge in [0, 0.05) is 22.9 Å². The number of dihydropyridines is 1. The number of hydrogen-bond acceptors (Lipinski definition) is 8. The lowest BCUT2D eigenvalue weighted by molar-refractivity contribution is -0.151. The summed E-state index contributed by atoms with van der Waals surface area (Å²) in [5.41, 5.74) is 2.81. The molecule has 0 unspecified atom stereocenters. The second-order valence-electron chi connectivity index (χ2n) is 9.46. The second kappa shape index (κ2) is 10.1. The number of nitrogens with one attached hydrogen (secondary N) is 1. The van der Waals surface area contributed by atoms with Gasteiger partial charge in [0.1, 0.15) is 12.0 Å². The predicted octanol–water partition coefficient (Wildman–Crippen LogP) is 3.80. The first-order chi connectivity index (χ1) is 16.8. The zero-order chi connectivity index (χ0) is 25.3. The Kier molecular flexibility index (Phi) is 7.19. The lowest BCUT2D eigenvalue weighted by Crippen LogP contribution is -2.43. The average molecular weight is 484 g/mol. The van der Waals surface area contributed by atoms with Crippen LogP contribution in [0.4, 0.5) is 0 Å². The lowest BCUT2D eigenvalue weighted by Gasteiger charge is -2.38.